The van der Waals surface area contributed by atoms with Crippen molar-refractivity contribution in [2.45, 2.75) is 17.8 Å². The molecule has 2 rings (SSSR count). The quantitative estimate of drug-likeness (QED) is 0.797. The zero-order valence-corrected chi connectivity index (χ0v) is 7.81. The zero-order valence-electron chi connectivity index (χ0n) is 7.81. The Labute approximate surface area is 87.5 Å². The standard InChI is InChI=1S/C10H6F4O2/c11-6-3-1-2-5(7(6)12)9(8(15)16)4-10(9,13)14/h1-3H,4H2,(H,15,16). The van der Waals surface area contributed by atoms with E-state index in [2.05, 4.69) is 0 Å². The van der Waals surface area contributed by atoms with Crippen LogP contribution in [-0.4, -0.2) is 17.0 Å². The van der Waals surface area contributed by atoms with Gasteiger partial charge in [0.25, 0.3) is 5.92 Å². The molecule has 1 aromatic carbocycles. The molecule has 0 spiro atoms. The summed E-state index contributed by atoms with van der Waals surface area (Å²) in [5.74, 6) is -8.24. The summed E-state index contributed by atoms with van der Waals surface area (Å²) in [6, 6.07) is 2.62. The molecule has 0 bridgehead atoms. The first-order valence-electron chi connectivity index (χ1n) is 4.38. The molecule has 2 nitrogen and oxygen atoms in total. The lowest BCUT2D eigenvalue weighted by molar-refractivity contribution is -0.143. The SMILES string of the molecule is O=C(O)C1(c2cccc(F)c2F)CC1(F)F. The van der Waals surface area contributed by atoms with E-state index in [-0.39, 0.29) is 0 Å². The van der Waals surface area contributed by atoms with Crippen molar-refractivity contribution in [1.82, 2.24) is 0 Å². The van der Waals surface area contributed by atoms with Crippen LogP contribution in [0.4, 0.5) is 17.6 Å². The molecule has 16 heavy (non-hydrogen) atoms. The highest BCUT2D eigenvalue weighted by atomic mass is 19.3. The number of rotatable bonds is 2. The number of alkyl halides is 2. The van der Waals surface area contributed by atoms with Gasteiger partial charge in [-0.25, -0.2) is 17.6 Å². The van der Waals surface area contributed by atoms with E-state index in [9.17, 15) is 22.4 Å². The van der Waals surface area contributed by atoms with Crippen LogP contribution >= 0.6 is 0 Å². The molecule has 6 heteroatoms. The molecule has 0 heterocycles. The second kappa shape index (κ2) is 2.96. The van der Waals surface area contributed by atoms with E-state index in [0.29, 0.717) is 0 Å². The van der Waals surface area contributed by atoms with Crippen molar-refractivity contribution < 1.29 is 27.5 Å². The van der Waals surface area contributed by atoms with Gasteiger partial charge in [0.1, 0.15) is 0 Å². The van der Waals surface area contributed by atoms with Gasteiger partial charge in [-0.3, -0.25) is 4.79 Å². The van der Waals surface area contributed by atoms with Crippen LogP contribution in [0, 0.1) is 11.6 Å². The first-order valence-corrected chi connectivity index (χ1v) is 4.38. The summed E-state index contributed by atoms with van der Waals surface area (Å²) in [5, 5.41) is 8.74. The molecule has 0 aliphatic heterocycles. The second-order valence-electron chi connectivity index (χ2n) is 3.69. The Hall–Kier alpha value is -1.59. The fourth-order valence-corrected chi connectivity index (χ4v) is 1.76. The molecule has 1 N–H and O–H groups in total. The maximum absolute atomic E-state index is 13.3. The summed E-state index contributed by atoms with van der Waals surface area (Å²) < 4.78 is 52.2. The third kappa shape index (κ3) is 1.15. The largest absolute Gasteiger partial charge is 0.480 e. The summed E-state index contributed by atoms with van der Waals surface area (Å²) in [6.07, 6.45) is -1.00. The van der Waals surface area contributed by atoms with Gasteiger partial charge in [0, 0.05) is 12.0 Å². The number of hydrogen-bond acceptors (Lipinski definition) is 1. The Kier molecular flexibility index (Phi) is 2.02. The van der Waals surface area contributed by atoms with Crippen molar-refractivity contribution >= 4 is 5.97 Å². The number of halogens is 4. The van der Waals surface area contributed by atoms with Gasteiger partial charge in [-0.2, -0.15) is 0 Å². The number of aliphatic carboxylic acids is 1. The van der Waals surface area contributed by atoms with Gasteiger partial charge in [0.15, 0.2) is 17.0 Å². The van der Waals surface area contributed by atoms with Crippen LogP contribution in [0.15, 0.2) is 18.2 Å². The van der Waals surface area contributed by atoms with Crippen LogP contribution in [0.25, 0.3) is 0 Å². The molecule has 1 aliphatic carbocycles. The van der Waals surface area contributed by atoms with E-state index in [1.165, 1.54) is 0 Å². The second-order valence-corrected chi connectivity index (χ2v) is 3.69. The average molecular weight is 234 g/mol. The van der Waals surface area contributed by atoms with Crippen molar-refractivity contribution in [2.75, 3.05) is 0 Å². The first kappa shape index (κ1) is 10.9. The zero-order chi connectivity index (χ0) is 12.1. The normalized spacial score (nSPS) is 26.5. The van der Waals surface area contributed by atoms with Crippen molar-refractivity contribution in [3.63, 3.8) is 0 Å². The third-order valence-electron chi connectivity index (χ3n) is 2.76. The van der Waals surface area contributed by atoms with E-state index in [1.807, 2.05) is 0 Å². The monoisotopic (exact) mass is 234 g/mol. The molecular weight excluding hydrogens is 228 g/mol. The van der Waals surface area contributed by atoms with Gasteiger partial charge >= 0.3 is 5.97 Å². The summed E-state index contributed by atoms with van der Waals surface area (Å²) >= 11 is 0. The number of carboxylic acids is 1. The number of benzene rings is 1. The van der Waals surface area contributed by atoms with E-state index >= 15 is 0 Å². The lowest BCUT2D eigenvalue weighted by Crippen LogP contribution is -2.28. The van der Waals surface area contributed by atoms with Crippen LogP contribution in [0.3, 0.4) is 0 Å². The molecule has 1 unspecified atom stereocenters. The molecule has 1 atom stereocenters. The molecule has 1 aromatic rings. The lowest BCUT2D eigenvalue weighted by atomic mass is 9.94. The minimum absolute atomic E-state index is 0.745. The van der Waals surface area contributed by atoms with E-state index in [4.69, 9.17) is 5.11 Å². The van der Waals surface area contributed by atoms with Gasteiger partial charge in [-0.1, -0.05) is 12.1 Å². The first-order chi connectivity index (χ1) is 7.33. The van der Waals surface area contributed by atoms with Crippen LogP contribution in [0.1, 0.15) is 12.0 Å². The molecule has 1 saturated carbocycles. The predicted molar refractivity (Wildman–Crippen MR) is 45.2 cm³/mol. The topological polar surface area (TPSA) is 37.3 Å². The fraction of sp³-hybridized carbons (Fsp3) is 0.300. The lowest BCUT2D eigenvalue weighted by Gasteiger charge is -2.12. The maximum atomic E-state index is 13.3. The maximum Gasteiger partial charge on any atom is 0.320 e. The Morgan fingerprint density at radius 3 is 2.31 bits per heavy atom. The summed E-state index contributed by atoms with van der Waals surface area (Å²) in [4.78, 5) is 10.8. The van der Waals surface area contributed by atoms with Gasteiger partial charge in [0.2, 0.25) is 0 Å². The van der Waals surface area contributed by atoms with Crippen LogP contribution < -0.4 is 0 Å². The number of carboxylic acid groups (broad SMARTS) is 1. The summed E-state index contributed by atoms with van der Waals surface area (Å²) in [5.41, 5.74) is -3.41. The van der Waals surface area contributed by atoms with Gasteiger partial charge < -0.3 is 5.11 Å². The predicted octanol–water partition coefficient (Wildman–Crippen LogP) is 2.33. The van der Waals surface area contributed by atoms with Crippen molar-refractivity contribution in [3.05, 3.63) is 35.4 Å². The molecule has 0 aromatic heterocycles. The highest BCUT2D eigenvalue weighted by Crippen LogP contribution is 2.62. The van der Waals surface area contributed by atoms with Gasteiger partial charge in [-0.05, 0) is 6.07 Å². The van der Waals surface area contributed by atoms with Gasteiger partial charge in [-0.15, -0.1) is 0 Å². The highest BCUT2D eigenvalue weighted by molar-refractivity contribution is 5.87. The number of carbonyl (C=O) groups is 1. The van der Waals surface area contributed by atoms with Gasteiger partial charge in [0.05, 0.1) is 0 Å². The highest BCUT2D eigenvalue weighted by Gasteiger charge is 2.78. The van der Waals surface area contributed by atoms with Crippen molar-refractivity contribution in [2.24, 2.45) is 0 Å². The average Bonchev–Trinajstić information content (AvgIpc) is 2.75. The molecule has 1 aliphatic rings. The van der Waals surface area contributed by atoms with Crippen molar-refractivity contribution in [3.8, 4) is 0 Å². The molecule has 0 radical (unpaired) electrons. The smallest absolute Gasteiger partial charge is 0.320 e. The Bertz CT molecular complexity index is 472. The Morgan fingerprint density at radius 2 is 1.88 bits per heavy atom. The van der Waals surface area contributed by atoms with Crippen LogP contribution in [-0.2, 0) is 10.2 Å². The molecule has 0 amide bonds. The molecular formula is C10H6F4O2. The molecule has 86 valence electrons. The van der Waals surface area contributed by atoms with E-state index in [1.54, 1.807) is 0 Å². The Morgan fingerprint density at radius 1 is 1.31 bits per heavy atom. The van der Waals surface area contributed by atoms with E-state index < -0.39 is 40.9 Å². The third-order valence-corrected chi connectivity index (χ3v) is 2.76. The summed E-state index contributed by atoms with van der Waals surface area (Å²) in [7, 11) is 0. The molecule has 1 fully saturated rings. The fourth-order valence-electron chi connectivity index (χ4n) is 1.76. The van der Waals surface area contributed by atoms with Crippen LogP contribution in [0.2, 0.25) is 0 Å². The van der Waals surface area contributed by atoms with Crippen LogP contribution in [0.5, 0.6) is 0 Å². The Balaban J connectivity index is 2.60. The minimum Gasteiger partial charge on any atom is -0.480 e. The number of hydrogen-bond donors (Lipinski definition) is 1. The van der Waals surface area contributed by atoms with E-state index in [0.717, 1.165) is 18.2 Å². The summed E-state index contributed by atoms with van der Waals surface area (Å²) in [6.45, 7) is 0. The van der Waals surface area contributed by atoms with Crippen molar-refractivity contribution in [1.29, 1.82) is 0 Å². The molecule has 0 saturated heterocycles. The minimum atomic E-state index is -3.53.